The third kappa shape index (κ3) is 3.23. The largest absolute Gasteiger partial charge is 0.349 e. The summed E-state index contributed by atoms with van der Waals surface area (Å²) in [5.41, 5.74) is 0.410. The van der Waals surface area contributed by atoms with Crippen molar-refractivity contribution in [2.24, 2.45) is 23.2 Å². The van der Waals surface area contributed by atoms with Crippen molar-refractivity contribution >= 4 is 11.8 Å². The van der Waals surface area contributed by atoms with Crippen molar-refractivity contribution in [2.45, 2.75) is 57.4 Å². The van der Waals surface area contributed by atoms with Crippen molar-refractivity contribution in [2.75, 3.05) is 13.1 Å². The first-order chi connectivity index (χ1) is 13.5. The summed E-state index contributed by atoms with van der Waals surface area (Å²) < 4.78 is 13.0. The molecule has 5 fully saturated rings. The van der Waals surface area contributed by atoms with Crippen LogP contribution in [0.3, 0.4) is 0 Å². The predicted molar refractivity (Wildman–Crippen MR) is 104 cm³/mol. The molecule has 5 aliphatic rings. The van der Waals surface area contributed by atoms with Crippen molar-refractivity contribution in [3.8, 4) is 0 Å². The third-order valence-electron chi connectivity index (χ3n) is 7.72. The minimum absolute atomic E-state index is 0.0705. The summed E-state index contributed by atoms with van der Waals surface area (Å²) in [6.07, 6.45) is 8.98. The zero-order chi connectivity index (χ0) is 19.3. The highest BCUT2D eigenvalue weighted by Crippen LogP contribution is 2.60. The predicted octanol–water partition coefficient (Wildman–Crippen LogP) is 3.76. The Hall–Kier alpha value is -1.91. The lowest BCUT2D eigenvalue weighted by Gasteiger charge is -2.57. The second-order valence-electron chi connectivity index (χ2n) is 9.74. The molecule has 1 aromatic carbocycles. The van der Waals surface area contributed by atoms with Gasteiger partial charge in [-0.15, -0.1) is 0 Å². The highest BCUT2D eigenvalue weighted by Gasteiger charge is 2.55. The Kier molecular flexibility index (Phi) is 4.44. The van der Waals surface area contributed by atoms with Crippen LogP contribution in [0.4, 0.5) is 4.39 Å². The number of carbonyl (C=O) groups is 2. The number of halogens is 1. The second-order valence-corrected chi connectivity index (χ2v) is 9.74. The second kappa shape index (κ2) is 6.85. The van der Waals surface area contributed by atoms with Crippen LogP contribution in [0.15, 0.2) is 24.3 Å². The number of piperidine rings is 1. The molecule has 150 valence electrons. The van der Waals surface area contributed by atoms with E-state index in [0.29, 0.717) is 11.5 Å². The monoisotopic (exact) mass is 384 g/mol. The molecule has 4 saturated carbocycles. The van der Waals surface area contributed by atoms with E-state index < -0.39 is 0 Å². The molecule has 4 nitrogen and oxygen atoms in total. The van der Waals surface area contributed by atoms with Gasteiger partial charge in [0, 0.05) is 24.7 Å². The van der Waals surface area contributed by atoms with E-state index in [4.69, 9.17) is 0 Å². The maximum Gasteiger partial charge on any atom is 0.251 e. The van der Waals surface area contributed by atoms with Gasteiger partial charge in [-0.3, -0.25) is 9.59 Å². The molecule has 0 atom stereocenters. The molecular formula is C23H29FN2O2. The molecule has 6 rings (SSSR count). The number of nitrogens with zero attached hydrogens (tertiary/aromatic N) is 1. The minimum atomic E-state index is -0.340. The number of nitrogens with one attached hydrogen (secondary N) is 1. The number of carbonyl (C=O) groups excluding carboxylic acids is 2. The van der Waals surface area contributed by atoms with E-state index in [1.54, 1.807) is 0 Å². The van der Waals surface area contributed by atoms with Crippen LogP contribution in [-0.4, -0.2) is 35.8 Å². The topological polar surface area (TPSA) is 49.4 Å². The molecule has 4 aliphatic carbocycles. The Balaban J connectivity index is 1.18. The zero-order valence-electron chi connectivity index (χ0n) is 16.3. The van der Waals surface area contributed by atoms with E-state index >= 15 is 0 Å². The van der Waals surface area contributed by atoms with Gasteiger partial charge in [-0.1, -0.05) is 0 Å². The third-order valence-corrected chi connectivity index (χ3v) is 7.72. The Morgan fingerprint density at radius 2 is 1.46 bits per heavy atom. The quantitative estimate of drug-likeness (QED) is 0.863. The molecule has 1 aromatic rings. The van der Waals surface area contributed by atoms with Crippen molar-refractivity contribution in [3.63, 3.8) is 0 Å². The zero-order valence-corrected chi connectivity index (χ0v) is 16.3. The van der Waals surface area contributed by atoms with E-state index in [-0.39, 0.29) is 23.2 Å². The van der Waals surface area contributed by atoms with Gasteiger partial charge in [0.15, 0.2) is 0 Å². The van der Waals surface area contributed by atoms with Gasteiger partial charge in [-0.2, -0.15) is 0 Å². The number of hydrogen-bond acceptors (Lipinski definition) is 2. The SMILES string of the molecule is O=C(NC1CCN(C(=O)C23CC4CC(CC(C4)C2)C3)CC1)c1ccc(F)cc1. The molecule has 28 heavy (non-hydrogen) atoms. The van der Waals surface area contributed by atoms with Gasteiger partial charge < -0.3 is 10.2 Å². The van der Waals surface area contributed by atoms with Crippen LogP contribution in [-0.2, 0) is 4.79 Å². The highest BCUT2D eigenvalue weighted by atomic mass is 19.1. The number of rotatable bonds is 3. The van der Waals surface area contributed by atoms with Gasteiger partial charge in [0.2, 0.25) is 5.91 Å². The summed E-state index contributed by atoms with van der Waals surface area (Å²) in [5, 5.41) is 3.05. The first-order valence-corrected chi connectivity index (χ1v) is 10.9. The summed E-state index contributed by atoms with van der Waals surface area (Å²) >= 11 is 0. The van der Waals surface area contributed by atoms with E-state index in [1.807, 2.05) is 0 Å². The number of hydrogen-bond donors (Lipinski definition) is 1. The highest BCUT2D eigenvalue weighted by molar-refractivity contribution is 5.94. The van der Waals surface area contributed by atoms with Crippen LogP contribution in [0.25, 0.3) is 0 Å². The minimum Gasteiger partial charge on any atom is -0.349 e. The lowest BCUT2D eigenvalue weighted by atomic mass is 9.49. The molecular weight excluding hydrogens is 355 g/mol. The average Bonchev–Trinajstić information content (AvgIpc) is 2.67. The molecule has 1 heterocycles. The summed E-state index contributed by atoms with van der Waals surface area (Å²) in [6.45, 7) is 1.46. The van der Waals surface area contributed by atoms with Gasteiger partial charge in [0.25, 0.3) is 5.91 Å². The molecule has 1 aliphatic heterocycles. The molecule has 0 spiro atoms. The van der Waals surface area contributed by atoms with Crippen LogP contribution >= 0.6 is 0 Å². The lowest BCUT2D eigenvalue weighted by Crippen LogP contribution is -2.56. The Morgan fingerprint density at radius 1 is 0.929 bits per heavy atom. The summed E-state index contributed by atoms with van der Waals surface area (Å²) in [4.78, 5) is 27.9. The van der Waals surface area contributed by atoms with Crippen molar-refractivity contribution in [3.05, 3.63) is 35.6 Å². The fourth-order valence-corrected chi connectivity index (χ4v) is 6.80. The van der Waals surface area contributed by atoms with Crippen LogP contribution in [0.1, 0.15) is 61.7 Å². The van der Waals surface area contributed by atoms with Crippen LogP contribution in [0, 0.1) is 29.0 Å². The standard InChI is InChI=1S/C23H29FN2O2/c24-19-3-1-18(2-4-19)21(27)25-20-5-7-26(8-6-20)22(28)23-12-15-9-16(13-23)11-17(10-15)14-23/h1-4,15-17,20H,5-14H2,(H,25,27). The normalized spacial score (nSPS) is 34.5. The molecule has 1 saturated heterocycles. The maximum atomic E-state index is 13.4. The summed E-state index contributed by atoms with van der Waals surface area (Å²) in [6, 6.07) is 5.72. The van der Waals surface area contributed by atoms with Gasteiger partial charge in [-0.05, 0) is 93.4 Å². The molecule has 0 aromatic heterocycles. The van der Waals surface area contributed by atoms with Crippen LogP contribution < -0.4 is 5.32 Å². The lowest BCUT2D eigenvalue weighted by molar-refractivity contribution is -0.158. The van der Waals surface area contributed by atoms with Gasteiger partial charge in [-0.25, -0.2) is 4.39 Å². The molecule has 2 amide bonds. The maximum absolute atomic E-state index is 13.4. The van der Waals surface area contributed by atoms with Crippen LogP contribution in [0.2, 0.25) is 0 Å². The van der Waals surface area contributed by atoms with Crippen molar-refractivity contribution < 1.29 is 14.0 Å². The molecule has 4 bridgehead atoms. The van der Waals surface area contributed by atoms with Gasteiger partial charge >= 0.3 is 0 Å². The number of likely N-dealkylation sites (tertiary alicyclic amines) is 1. The van der Waals surface area contributed by atoms with E-state index in [0.717, 1.165) is 62.9 Å². The smallest absolute Gasteiger partial charge is 0.251 e. The van der Waals surface area contributed by atoms with Crippen LogP contribution in [0.5, 0.6) is 0 Å². The molecule has 1 N–H and O–H groups in total. The Labute approximate surface area is 165 Å². The fraction of sp³-hybridized carbons (Fsp3) is 0.652. The first kappa shape index (κ1) is 18.1. The number of amides is 2. The molecule has 5 heteroatoms. The average molecular weight is 384 g/mol. The van der Waals surface area contributed by atoms with Gasteiger partial charge in [0.1, 0.15) is 5.82 Å². The first-order valence-electron chi connectivity index (χ1n) is 10.9. The molecule has 0 radical (unpaired) electrons. The van der Waals surface area contributed by atoms with Gasteiger partial charge in [0.05, 0.1) is 5.41 Å². The van der Waals surface area contributed by atoms with Crippen molar-refractivity contribution in [1.82, 2.24) is 10.2 Å². The fourth-order valence-electron chi connectivity index (χ4n) is 6.80. The Bertz CT molecular complexity index is 732. The number of benzene rings is 1. The molecule has 0 unspecified atom stereocenters. The van der Waals surface area contributed by atoms with E-state index in [1.165, 1.54) is 43.5 Å². The van der Waals surface area contributed by atoms with E-state index in [2.05, 4.69) is 10.2 Å². The van der Waals surface area contributed by atoms with E-state index in [9.17, 15) is 14.0 Å². The summed E-state index contributed by atoms with van der Waals surface area (Å²) in [5.74, 6) is 2.24. The Morgan fingerprint density at radius 3 is 2.00 bits per heavy atom. The van der Waals surface area contributed by atoms with Crippen molar-refractivity contribution in [1.29, 1.82) is 0 Å². The summed E-state index contributed by atoms with van der Waals surface area (Å²) in [7, 11) is 0.